The fourth-order valence-electron chi connectivity index (χ4n) is 12.7. The van der Waals surface area contributed by atoms with Gasteiger partial charge in [0.2, 0.25) is 35.6 Å². The van der Waals surface area contributed by atoms with E-state index in [0.717, 1.165) is 98.0 Å². The Hall–Kier alpha value is -5.33. The number of hydrogen-bond donors (Lipinski definition) is 18. The van der Waals surface area contributed by atoms with Gasteiger partial charge in [0, 0.05) is 59.7 Å². The third kappa shape index (κ3) is 42.0. The normalized spacial score (nSPS) is 26.1. The van der Waals surface area contributed by atoms with Crippen molar-refractivity contribution < 1.29 is 161 Å². The maximum atomic E-state index is 12.8. The van der Waals surface area contributed by atoms with Gasteiger partial charge < -0.3 is 130 Å². The predicted molar refractivity (Wildman–Crippen MR) is 412 cm³/mol. The van der Waals surface area contributed by atoms with E-state index in [4.69, 9.17) is 42.4 Å². The van der Waals surface area contributed by atoms with Crippen LogP contribution in [-0.2, 0) is 89.9 Å². The summed E-state index contributed by atoms with van der Waals surface area (Å²) in [5, 5.41) is 147. The first-order chi connectivity index (χ1) is 54.8. The van der Waals surface area contributed by atoms with E-state index in [9.17, 15) is 114 Å². The van der Waals surface area contributed by atoms with Crippen LogP contribution in [0.2, 0.25) is 0 Å². The molecule has 3 heterocycles. The summed E-state index contributed by atoms with van der Waals surface area (Å²) in [6.07, 6.45) is 1.45. The molecule has 18 N–H and O–H groups in total. The number of carbonyl (C=O) groups excluding carboxylic acids is 6. The van der Waals surface area contributed by atoms with E-state index in [-0.39, 0.29) is 50.6 Å². The summed E-state index contributed by atoms with van der Waals surface area (Å²) in [7, 11) is -3.20. The number of unbranched alkanes of at least 4 members (excludes halogenated alkanes) is 23. The van der Waals surface area contributed by atoms with Crippen molar-refractivity contribution in [3.05, 3.63) is 24.3 Å². The molecule has 0 aromatic carbocycles. The molecule has 0 saturated carbocycles. The summed E-state index contributed by atoms with van der Waals surface area (Å²) in [6.45, 7) is 5.15. The van der Waals surface area contributed by atoms with E-state index in [1.807, 2.05) is 12.2 Å². The molecule has 10 unspecified atom stereocenters. The van der Waals surface area contributed by atoms with Crippen molar-refractivity contribution in [3.63, 3.8) is 0 Å². The Balaban J connectivity index is 0.000000818. The third-order valence-electron chi connectivity index (χ3n) is 19.3. The molecule has 115 heavy (non-hydrogen) atoms. The summed E-state index contributed by atoms with van der Waals surface area (Å²) in [4.78, 5) is 108. The summed E-state index contributed by atoms with van der Waals surface area (Å²) in [5.74, 6) is -7.49. The second-order valence-electron chi connectivity index (χ2n) is 29.2. The first kappa shape index (κ1) is 106. The average molecular weight is 1680 g/mol. The molecular formula is C77H137N4O33P. The first-order valence-corrected chi connectivity index (χ1v) is 42.3. The predicted octanol–water partition coefficient (Wildman–Crippen LogP) is 3.17. The number of allylic oxidation sites excluding steroid dienone is 4. The first-order valence-electron chi connectivity index (χ1n) is 40.8. The molecular weight excluding hydrogens is 1540 g/mol. The number of aliphatic carboxylic acids is 2. The van der Waals surface area contributed by atoms with Gasteiger partial charge in [-0.2, -0.15) is 0 Å². The van der Waals surface area contributed by atoms with Gasteiger partial charge in [0.25, 0.3) is 0 Å². The topological polar surface area (TPSA) is 577 Å². The molecule has 3 fully saturated rings. The maximum Gasteiger partial charge on any atom is 0.472 e. The second kappa shape index (κ2) is 60.2. The van der Waals surface area contributed by atoms with Crippen LogP contribution in [0.25, 0.3) is 0 Å². The van der Waals surface area contributed by atoms with Gasteiger partial charge in [-0.15, -0.1) is 0 Å². The van der Waals surface area contributed by atoms with Crippen molar-refractivity contribution in [1.82, 2.24) is 21.3 Å². The van der Waals surface area contributed by atoms with Crippen LogP contribution >= 0.6 is 7.82 Å². The van der Waals surface area contributed by atoms with Crippen LogP contribution in [0.5, 0.6) is 0 Å². The van der Waals surface area contributed by atoms with Gasteiger partial charge in [0.1, 0.15) is 79.9 Å². The molecule has 21 atom stereocenters. The van der Waals surface area contributed by atoms with E-state index in [2.05, 4.69) is 58.6 Å². The van der Waals surface area contributed by atoms with Crippen LogP contribution in [0.15, 0.2) is 24.3 Å². The highest BCUT2D eigenvalue weighted by Gasteiger charge is 2.63. The molecule has 0 aromatic rings. The van der Waals surface area contributed by atoms with Crippen LogP contribution in [-0.4, -0.2) is 288 Å². The van der Waals surface area contributed by atoms with E-state index in [0.29, 0.717) is 19.4 Å². The van der Waals surface area contributed by atoms with Gasteiger partial charge >= 0.3 is 31.7 Å². The van der Waals surface area contributed by atoms with E-state index >= 15 is 0 Å². The molecule has 38 heteroatoms. The number of ether oxygens (including phenoxy) is 8. The summed E-state index contributed by atoms with van der Waals surface area (Å²) < 4.78 is 64.7. The minimum Gasteiger partial charge on any atom is -0.479 e. The average Bonchev–Trinajstić information content (AvgIpc) is 0.743. The zero-order valence-corrected chi connectivity index (χ0v) is 68.7. The highest BCUT2D eigenvalue weighted by molar-refractivity contribution is 7.47. The van der Waals surface area contributed by atoms with Crippen molar-refractivity contribution >= 4 is 55.3 Å². The summed E-state index contributed by atoms with van der Waals surface area (Å²) >= 11 is 0. The number of amides is 4. The van der Waals surface area contributed by atoms with Gasteiger partial charge in [-0.1, -0.05) is 148 Å². The molecule has 3 aliphatic heterocycles. The van der Waals surface area contributed by atoms with Crippen molar-refractivity contribution in [2.45, 2.75) is 369 Å². The Bertz CT molecular complexity index is 2850. The lowest BCUT2D eigenvalue weighted by Crippen LogP contribution is -2.76. The SMILES string of the molecule is CCCCCCCC/C=C\CCCCCCCC(=O)OCC(COP(=O)(O)OC)OC(=O)CCCCCCC/C=C\CCCCCCCC.CCCNC(=O)CCCCC(=O)NCC(NC(C)=O)[C@@H](O[C@@H]1OC(C(=O)O)[C@@H](O[C@@H]2OC(CO)[C@@H](O)[C@H](O[C@@H]3OC(C(=O)O)[C@@H](O)[C@H](O)C3O)C2(O)NC(C)=O)[C@H](O)C1O)[C@H](O)C(O)CO. The number of rotatable bonds is 61. The maximum absolute atomic E-state index is 12.8. The van der Waals surface area contributed by atoms with Crippen molar-refractivity contribution in [2.24, 2.45) is 0 Å². The number of aliphatic hydroxyl groups is 11. The van der Waals surface area contributed by atoms with Gasteiger partial charge in [0.05, 0.1) is 25.9 Å². The van der Waals surface area contributed by atoms with Gasteiger partial charge in [-0.3, -0.25) is 37.8 Å². The number of carbonyl (C=O) groups is 8. The number of carboxylic acids is 2. The highest BCUT2D eigenvalue weighted by Crippen LogP contribution is 2.42. The molecule has 37 nitrogen and oxygen atoms in total. The zero-order chi connectivity index (χ0) is 85.9. The van der Waals surface area contributed by atoms with Gasteiger partial charge in [-0.05, 0) is 83.5 Å². The largest absolute Gasteiger partial charge is 0.479 e. The number of aliphatic hydroxyl groups excluding tert-OH is 10. The lowest BCUT2D eigenvalue weighted by atomic mass is 9.91. The van der Waals surface area contributed by atoms with E-state index in [1.54, 1.807) is 0 Å². The van der Waals surface area contributed by atoms with Gasteiger partial charge in [0.15, 0.2) is 30.9 Å². The quantitative estimate of drug-likeness (QED) is 0.0137. The Labute approximate surface area is 674 Å². The number of phosphoric acid groups is 1. The number of esters is 2. The Morgan fingerprint density at radius 2 is 1.02 bits per heavy atom. The zero-order valence-electron chi connectivity index (χ0n) is 67.8. The molecule has 3 saturated heterocycles. The molecule has 0 spiro atoms. The third-order valence-corrected chi connectivity index (χ3v) is 20.2. The van der Waals surface area contributed by atoms with E-state index in [1.165, 1.54) is 89.9 Å². The summed E-state index contributed by atoms with van der Waals surface area (Å²) in [6, 6.07) is -1.56. The lowest BCUT2D eigenvalue weighted by Gasteiger charge is -2.52. The minimum atomic E-state index is -4.26. The molecule has 3 rings (SSSR count). The van der Waals surface area contributed by atoms with E-state index < -0.39 is 192 Å². The van der Waals surface area contributed by atoms with Crippen LogP contribution in [0.4, 0.5) is 0 Å². The van der Waals surface area contributed by atoms with Crippen LogP contribution in [0, 0.1) is 0 Å². The fourth-order valence-corrected chi connectivity index (χ4v) is 13.2. The van der Waals surface area contributed by atoms with Crippen molar-refractivity contribution in [3.8, 4) is 0 Å². The molecule has 4 amide bonds. The standard InChI is InChI=1S/C40H75O8P.C37H62N4O25/c1-4-6-8-10-12-14-16-18-20-22-24-26-28-30-32-34-39(41)46-36-38(37-47-49(43,44)45-3)48-40(42)35-33-31-29-27-25-23-21-19-17-15-13-11-9-7-5-2;1-4-9-38-18(47)7-5-6-8-19(48)39-10-15(40-13(2)44)27(20(49)16(46)11-42)62-34-26(55)24(53)28(30(64-34)33(58)59)65-36-37(60,41-14(3)45)31(21(50)17(12-43)61-36)66-35-25(54)22(51)23(52)29(63-35)32(56)57/h18-21,38H,4-17,22-37H2,1-3H3,(H,43,44);15-17,20-31,34-36,42-43,46,49-55,60H,4-12H2,1-3H3,(H,38,47)(H,39,48)(H,40,44)(H,41,45)(H,56,57)(H,58,59)/b20-18-,21-19-;/t;15?,16?,17?,20-,21-,22+,23+,24-,25?,26?,27-,28+,29?,30?,31+,34-,35+,36+,37?/m.1/s1. The molecule has 3 aliphatic rings. The van der Waals surface area contributed by atoms with Crippen molar-refractivity contribution in [1.29, 1.82) is 0 Å². The number of phosphoric ester groups is 1. The second-order valence-corrected chi connectivity index (χ2v) is 30.8. The molecule has 0 bridgehead atoms. The minimum absolute atomic E-state index is 0.110. The lowest BCUT2D eigenvalue weighted by molar-refractivity contribution is -0.405. The number of hydrogen-bond acceptors (Lipinski definition) is 30. The monoisotopic (exact) mass is 1680 g/mol. The Kier molecular flexibility index (Phi) is 55.3. The molecule has 0 aliphatic carbocycles. The smallest absolute Gasteiger partial charge is 0.472 e. The molecule has 0 radical (unpaired) electrons. The number of nitrogens with one attached hydrogen (secondary N) is 4. The van der Waals surface area contributed by atoms with Crippen molar-refractivity contribution in [2.75, 3.05) is 46.6 Å². The Morgan fingerprint density at radius 3 is 1.50 bits per heavy atom. The van der Waals surface area contributed by atoms with Crippen LogP contribution < -0.4 is 21.3 Å². The van der Waals surface area contributed by atoms with Crippen LogP contribution in [0.3, 0.4) is 0 Å². The summed E-state index contributed by atoms with van der Waals surface area (Å²) in [5.41, 5.74) is -3.32. The Morgan fingerprint density at radius 1 is 0.539 bits per heavy atom. The molecule has 0 aromatic heterocycles. The van der Waals surface area contributed by atoms with Gasteiger partial charge in [-0.25, -0.2) is 14.2 Å². The van der Waals surface area contributed by atoms with Crippen LogP contribution in [0.1, 0.15) is 247 Å². The molecule has 668 valence electrons. The number of carboxylic acid groups (broad SMARTS) is 2. The highest BCUT2D eigenvalue weighted by atomic mass is 31.2. The fraction of sp³-hybridized carbons (Fsp3) is 0.844.